The van der Waals surface area contributed by atoms with Gasteiger partial charge in [-0.3, -0.25) is 9.59 Å². The Hall–Kier alpha value is -2.73. The van der Waals surface area contributed by atoms with Crippen molar-refractivity contribution < 1.29 is 14.3 Å². The predicted octanol–water partition coefficient (Wildman–Crippen LogP) is 4.98. The SMILES string of the molecule is CC(C)CNC(=O)c1cc(NC(=O)COc2ccc(Cl)cc2)ccc1N1CCC(C)CC1. The van der Waals surface area contributed by atoms with Crippen molar-refractivity contribution in [2.45, 2.75) is 33.6 Å². The number of halogens is 1. The van der Waals surface area contributed by atoms with Crippen LogP contribution in [0.2, 0.25) is 5.02 Å². The lowest BCUT2D eigenvalue weighted by molar-refractivity contribution is -0.118. The van der Waals surface area contributed by atoms with Crippen LogP contribution in [0.4, 0.5) is 11.4 Å². The number of hydrogen-bond acceptors (Lipinski definition) is 4. The molecule has 1 aliphatic heterocycles. The van der Waals surface area contributed by atoms with Crippen molar-refractivity contribution in [2.75, 3.05) is 36.5 Å². The molecule has 172 valence electrons. The van der Waals surface area contributed by atoms with Crippen LogP contribution in [0, 0.1) is 11.8 Å². The van der Waals surface area contributed by atoms with Crippen molar-refractivity contribution in [2.24, 2.45) is 11.8 Å². The minimum atomic E-state index is -0.298. The molecule has 7 heteroatoms. The Morgan fingerprint density at radius 1 is 1.12 bits per heavy atom. The summed E-state index contributed by atoms with van der Waals surface area (Å²) >= 11 is 5.87. The predicted molar refractivity (Wildman–Crippen MR) is 130 cm³/mol. The van der Waals surface area contributed by atoms with E-state index in [1.165, 1.54) is 0 Å². The zero-order valence-electron chi connectivity index (χ0n) is 19.0. The Labute approximate surface area is 195 Å². The maximum Gasteiger partial charge on any atom is 0.262 e. The monoisotopic (exact) mass is 457 g/mol. The number of benzene rings is 2. The Balaban J connectivity index is 1.71. The van der Waals surface area contributed by atoms with E-state index in [1.54, 1.807) is 30.3 Å². The van der Waals surface area contributed by atoms with E-state index < -0.39 is 0 Å². The van der Waals surface area contributed by atoms with Crippen LogP contribution in [0.3, 0.4) is 0 Å². The van der Waals surface area contributed by atoms with Gasteiger partial charge in [-0.2, -0.15) is 0 Å². The van der Waals surface area contributed by atoms with Gasteiger partial charge in [-0.1, -0.05) is 32.4 Å². The van der Waals surface area contributed by atoms with Gasteiger partial charge < -0.3 is 20.3 Å². The van der Waals surface area contributed by atoms with E-state index in [9.17, 15) is 9.59 Å². The van der Waals surface area contributed by atoms with Crippen molar-refractivity contribution in [1.82, 2.24) is 5.32 Å². The standard InChI is InChI=1S/C25H32ClN3O3/c1-17(2)15-27-25(31)22-14-20(6-9-23(22)29-12-10-18(3)11-13-29)28-24(30)16-32-21-7-4-19(26)5-8-21/h4-9,14,17-18H,10-13,15-16H2,1-3H3,(H,27,31)(H,28,30). The van der Waals surface area contributed by atoms with E-state index in [0.717, 1.165) is 31.6 Å². The zero-order valence-corrected chi connectivity index (χ0v) is 19.7. The molecule has 1 saturated heterocycles. The maximum atomic E-state index is 13.0. The first-order valence-corrected chi connectivity index (χ1v) is 11.5. The van der Waals surface area contributed by atoms with Crippen LogP contribution in [0.25, 0.3) is 0 Å². The quantitative estimate of drug-likeness (QED) is 0.586. The highest BCUT2D eigenvalue weighted by molar-refractivity contribution is 6.30. The molecular formula is C25H32ClN3O3. The molecule has 0 aliphatic carbocycles. The maximum absolute atomic E-state index is 13.0. The van der Waals surface area contributed by atoms with Crippen LogP contribution in [-0.2, 0) is 4.79 Å². The van der Waals surface area contributed by atoms with Gasteiger partial charge in [0.25, 0.3) is 11.8 Å². The van der Waals surface area contributed by atoms with Crippen LogP contribution >= 0.6 is 11.6 Å². The average Bonchev–Trinajstić information content (AvgIpc) is 2.77. The van der Waals surface area contributed by atoms with Gasteiger partial charge in [0.2, 0.25) is 0 Å². The summed E-state index contributed by atoms with van der Waals surface area (Å²) in [5.41, 5.74) is 2.06. The number of ether oxygens (including phenoxy) is 1. The van der Waals surface area contributed by atoms with Gasteiger partial charge >= 0.3 is 0 Å². The van der Waals surface area contributed by atoms with Gasteiger partial charge in [-0.25, -0.2) is 0 Å². The molecule has 32 heavy (non-hydrogen) atoms. The number of piperidine rings is 1. The van der Waals surface area contributed by atoms with Gasteiger partial charge in [0.05, 0.1) is 5.56 Å². The van der Waals surface area contributed by atoms with Gasteiger partial charge in [-0.15, -0.1) is 0 Å². The third-order valence-electron chi connectivity index (χ3n) is 5.50. The van der Waals surface area contributed by atoms with Crippen molar-refractivity contribution >= 4 is 34.8 Å². The number of amides is 2. The average molecular weight is 458 g/mol. The second-order valence-electron chi connectivity index (χ2n) is 8.80. The number of hydrogen-bond donors (Lipinski definition) is 2. The summed E-state index contributed by atoms with van der Waals surface area (Å²) < 4.78 is 5.51. The number of carbonyl (C=O) groups is 2. The first kappa shape index (κ1) is 23.9. The summed E-state index contributed by atoms with van der Waals surface area (Å²) in [6, 6.07) is 12.3. The second-order valence-corrected chi connectivity index (χ2v) is 9.23. The molecule has 0 atom stereocenters. The van der Waals surface area contributed by atoms with E-state index >= 15 is 0 Å². The minimum absolute atomic E-state index is 0.124. The molecule has 0 unspecified atom stereocenters. The number of rotatable bonds is 8. The highest BCUT2D eigenvalue weighted by atomic mass is 35.5. The molecule has 0 saturated carbocycles. The van der Waals surface area contributed by atoms with Crippen LogP contribution < -0.4 is 20.3 Å². The zero-order chi connectivity index (χ0) is 23.1. The molecular weight excluding hydrogens is 426 g/mol. The molecule has 0 spiro atoms. The molecule has 1 aliphatic rings. The molecule has 1 fully saturated rings. The van der Waals surface area contributed by atoms with Gasteiger partial charge in [0, 0.05) is 36.0 Å². The summed E-state index contributed by atoms with van der Waals surface area (Å²) in [6.07, 6.45) is 2.21. The largest absolute Gasteiger partial charge is 0.484 e. The van der Waals surface area contributed by atoms with Crippen molar-refractivity contribution in [3.05, 3.63) is 53.1 Å². The first-order valence-electron chi connectivity index (χ1n) is 11.2. The fourth-order valence-corrected chi connectivity index (χ4v) is 3.72. The third-order valence-corrected chi connectivity index (χ3v) is 5.76. The summed E-state index contributed by atoms with van der Waals surface area (Å²) in [4.78, 5) is 27.6. The lowest BCUT2D eigenvalue weighted by Gasteiger charge is -2.33. The van der Waals surface area contributed by atoms with E-state index in [1.807, 2.05) is 12.1 Å². The van der Waals surface area contributed by atoms with Gasteiger partial charge in [0.1, 0.15) is 5.75 Å². The highest BCUT2D eigenvalue weighted by Gasteiger charge is 2.22. The number of carbonyl (C=O) groups excluding carboxylic acids is 2. The molecule has 0 bridgehead atoms. The number of anilines is 2. The van der Waals surface area contributed by atoms with Gasteiger partial charge in [-0.05, 0) is 67.1 Å². The number of nitrogens with one attached hydrogen (secondary N) is 2. The van der Waals surface area contributed by atoms with Crippen molar-refractivity contribution in [3.8, 4) is 5.75 Å². The molecule has 0 aromatic heterocycles. The van der Waals surface area contributed by atoms with Crippen molar-refractivity contribution in [3.63, 3.8) is 0 Å². The summed E-state index contributed by atoms with van der Waals surface area (Å²) in [6.45, 7) is 8.69. The molecule has 3 rings (SSSR count). The lowest BCUT2D eigenvalue weighted by Crippen LogP contribution is -2.35. The number of nitrogens with zero attached hydrogens (tertiary/aromatic N) is 1. The molecule has 2 N–H and O–H groups in total. The molecule has 2 aromatic rings. The Kier molecular flexibility index (Phi) is 8.39. The normalized spacial score (nSPS) is 14.3. The Morgan fingerprint density at radius 2 is 1.81 bits per heavy atom. The smallest absolute Gasteiger partial charge is 0.262 e. The lowest BCUT2D eigenvalue weighted by atomic mass is 9.97. The molecule has 1 heterocycles. The van der Waals surface area contributed by atoms with E-state index in [2.05, 4.69) is 36.3 Å². The van der Waals surface area contributed by atoms with E-state index in [-0.39, 0.29) is 18.4 Å². The fraction of sp³-hybridized carbons (Fsp3) is 0.440. The summed E-state index contributed by atoms with van der Waals surface area (Å²) in [5.74, 6) is 1.19. The Morgan fingerprint density at radius 3 is 2.47 bits per heavy atom. The molecule has 2 aromatic carbocycles. The van der Waals surface area contributed by atoms with Gasteiger partial charge in [0.15, 0.2) is 6.61 Å². The van der Waals surface area contributed by atoms with Crippen LogP contribution in [0.1, 0.15) is 44.0 Å². The van der Waals surface area contributed by atoms with E-state index in [0.29, 0.717) is 40.4 Å². The van der Waals surface area contributed by atoms with Crippen LogP contribution in [0.5, 0.6) is 5.75 Å². The van der Waals surface area contributed by atoms with Crippen LogP contribution in [0.15, 0.2) is 42.5 Å². The molecule has 0 radical (unpaired) electrons. The highest BCUT2D eigenvalue weighted by Crippen LogP contribution is 2.29. The first-order chi connectivity index (χ1) is 15.3. The van der Waals surface area contributed by atoms with E-state index in [4.69, 9.17) is 16.3 Å². The van der Waals surface area contributed by atoms with Crippen LogP contribution in [-0.4, -0.2) is 38.1 Å². The Bertz CT molecular complexity index is 923. The third kappa shape index (κ3) is 6.89. The fourth-order valence-electron chi connectivity index (χ4n) is 3.59. The topological polar surface area (TPSA) is 70.7 Å². The molecule has 2 amide bonds. The molecule has 6 nitrogen and oxygen atoms in total. The summed E-state index contributed by atoms with van der Waals surface area (Å²) in [5, 5.41) is 6.44. The minimum Gasteiger partial charge on any atom is -0.484 e. The summed E-state index contributed by atoms with van der Waals surface area (Å²) in [7, 11) is 0. The van der Waals surface area contributed by atoms with Crippen molar-refractivity contribution in [1.29, 1.82) is 0 Å². The second kappa shape index (κ2) is 11.2.